The number of aliphatic hydroxyl groups is 3. The molecule has 10 heteroatoms. The molecule has 10 nitrogen and oxygen atoms in total. The second-order valence-corrected chi connectivity index (χ2v) is 6.39. The second-order valence-electron chi connectivity index (χ2n) is 6.39. The smallest absolute Gasteiger partial charge is 0.335 e. The number of esters is 1. The fraction of sp³-hybridized carbons (Fsp3) is 0.444. The minimum Gasteiger partial charge on any atom is -0.502 e. The van der Waals surface area contributed by atoms with E-state index in [-0.39, 0.29) is 17.2 Å². The van der Waals surface area contributed by atoms with Crippen LogP contribution in [0.15, 0.2) is 18.2 Å². The van der Waals surface area contributed by atoms with Gasteiger partial charge in [-0.1, -0.05) is 0 Å². The molecule has 0 amide bonds. The number of methoxy groups -OCH3 is 2. The number of carboxylic acids is 1. The van der Waals surface area contributed by atoms with Crippen molar-refractivity contribution in [3.63, 3.8) is 0 Å². The molecule has 1 aliphatic carbocycles. The molecule has 0 aliphatic heterocycles. The van der Waals surface area contributed by atoms with Crippen molar-refractivity contribution in [2.24, 2.45) is 0 Å². The number of phenols is 1. The molecule has 0 spiro atoms. The Bertz CT molecular complexity index is 735. The Morgan fingerprint density at radius 1 is 1.11 bits per heavy atom. The van der Waals surface area contributed by atoms with E-state index in [1.807, 2.05) is 0 Å². The van der Waals surface area contributed by atoms with Gasteiger partial charge in [0, 0.05) is 18.9 Å². The van der Waals surface area contributed by atoms with Gasteiger partial charge in [0.15, 0.2) is 23.2 Å². The topological polar surface area (TPSA) is 163 Å². The molecule has 2 rings (SSSR count). The lowest BCUT2D eigenvalue weighted by Crippen LogP contribution is -2.57. The van der Waals surface area contributed by atoms with Crippen molar-refractivity contribution >= 4 is 18.0 Å². The maximum Gasteiger partial charge on any atom is 0.335 e. The van der Waals surface area contributed by atoms with Crippen LogP contribution in [-0.2, 0) is 14.3 Å². The van der Waals surface area contributed by atoms with E-state index < -0.39 is 48.7 Å². The highest BCUT2D eigenvalue weighted by atomic mass is 16.6. The van der Waals surface area contributed by atoms with Crippen molar-refractivity contribution in [1.29, 1.82) is 0 Å². The Kier molecular flexibility index (Phi) is 6.49. The molecular formula is C18H22O10. The Labute approximate surface area is 160 Å². The molecule has 1 fully saturated rings. The number of ether oxygens (including phenoxy) is 3. The highest BCUT2D eigenvalue weighted by Crippen LogP contribution is 2.37. The number of carbonyl (C=O) groups is 2. The Morgan fingerprint density at radius 2 is 1.61 bits per heavy atom. The third kappa shape index (κ3) is 4.53. The number of rotatable bonds is 6. The molecule has 1 aromatic rings. The number of aromatic hydroxyl groups is 1. The molecule has 154 valence electrons. The van der Waals surface area contributed by atoms with Crippen LogP contribution < -0.4 is 9.47 Å². The van der Waals surface area contributed by atoms with Gasteiger partial charge < -0.3 is 39.7 Å². The highest BCUT2D eigenvalue weighted by molar-refractivity contribution is 5.87. The zero-order valence-electron chi connectivity index (χ0n) is 15.2. The van der Waals surface area contributed by atoms with Gasteiger partial charge in [0.2, 0.25) is 5.75 Å². The van der Waals surface area contributed by atoms with Crippen LogP contribution in [0.4, 0.5) is 0 Å². The first-order chi connectivity index (χ1) is 13.1. The van der Waals surface area contributed by atoms with Gasteiger partial charge in [0.05, 0.1) is 26.4 Å². The summed E-state index contributed by atoms with van der Waals surface area (Å²) in [5.74, 6) is -2.44. The summed E-state index contributed by atoms with van der Waals surface area (Å²) < 4.78 is 15.0. The average Bonchev–Trinajstić information content (AvgIpc) is 2.63. The quantitative estimate of drug-likeness (QED) is 0.316. The number of phenolic OH excluding ortho intramolecular Hbond substituents is 1. The lowest BCUT2D eigenvalue weighted by Gasteiger charge is -2.39. The number of carbonyl (C=O) groups excluding carboxylic acids is 1. The van der Waals surface area contributed by atoms with Gasteiger partial charge >= 0.3 is 11.9 Å². The van der Waals surface area contributed by atoms with Crippen LogP contribution in [0.5, 0.6) is 17.2 Å². The van der Waals surface area contributed by atoms with Gasteiger partial charge in [-0.3, -0.25) is 0 Å². The molecule has 0 aromatic heterocycles. The Morgan fingerprint density at radius 3 is 2.04 bits per heavy atom. The largest absolute Gasteiger partial charge is 0.502 e. The fourth-order valence-corrected chi connectivity index (χ4v) is 2.94. The van der Waals surface area contributed by atoms with Crippen LogP contribution in [0.1, 0.15) is 18.4 Å². The highest BCUT2D eigenvalue weighted by Gasteiger charge is 2.50. The van der Waals surface area contributed by atoms with E-state index in [9.17, 15) is 30.0 Å². The molecule has 0 bridgehead atoms. The van der Waals surface area contributed by atoms with Crippen LogP contribution in [0.25, 0.3) is 6.08 Å². The number of aliphatic carboxylic acids is 1. The van der Waals surface area contributed by atoms with Crippen molar-refractivity contribution < 1.29 is 49.3 Å². The summed E-state index contributed by atoms with van der Waals surface area (Å²) in [6.45, 7) is 0. The molecule has 5 N–H and O–H groups in total. The second kappa shape index (κ2) is 8.46. The van der Waals surface area contributed by atoms with Crippen LogP contribution in [-0.4, -0.2) is 75.6 Å². The molecule has 1 saturated carbocycles. The molecule has 0 radical (unpaired) electrons. The zero-order chi connectivity index (χ0) is 21.1. The predicted octanol–water partition coefficient (Wildman–Crippen LogP) is -0.334. The summed E-state index contributed by atoms with van der Waals surface area (Å²) in [5, 5.41) is 48.7. The van der Waals surface area contributed by atoms with E-state index in [0.29, 0.717) is 5.56 Å². The van der Waals surface area contributed by atoms with Crippen molar-refractivity contribution in [1.82, 2.24) is 0 Å². The van der Waals surface area contributed by atoms with Crippen molar-refractivity contribution in [3.8, 4) is 17.2 Å². The zero-order valence-corrected chi connectivity index (χ0v) is 15.2. The standard InChI is InChI=1S/C18H22O10/c1-26-12-5-9(6-13(27-2)15(12)22)3-4-14(21)28-16-10(19)7-18(25,17(23)24)8-11(16)20/h3-6,10-11,16,19-20,22,25H,7-8H2,1-2H3,(H,23,24)/b4-3+/t10-,11-,16?,18?/m1/s1. The minimum atomic E-state index is -2.29. The van der Waals surface area contributed by atoms with Crippen LogP contribution in [0.2, 0.25) is 0 Å². The van der Waals surface area contributed by atoms with Gasteiger partial charge in [-0.25, -0.2) is 9.59 Å². The van der Waals surface area contributed by atoms with E-state index in [0.717, 1.165) is 6.08 Å². The van der Waals surface area contributed by atoms with Crippen molar-refractivity contribution in [3.05, 3.63) is 23.8 Å². The molecular weight excluding hydrogens is 376 g/mol. The summed E-state index contributed by atoms with van der Waals surface area (Å²) in [6.07, 6.45) is -3.33. The lowest BCUT2D eigenvalue weighted by atomic mass is 9.79. The van der Waals surface area contributed by atoms with E-state index in [1.165, 1.54) is 32.4 Å². The van der Waals surface area contributed by atoms with Gasteiger partial charge in [-0.15, -0.1) is 0 Å². The van der Waals surface area contributed by atoms with E-state index in [4.69, 9.17) is 19.3 Å². The number of carboxylic acid groups (broad SMARTS) is 1. The number of hydrogen-bond donors (Lipinski definition) is 5. The van der Waals surface area contributed by atoms with Crippen LogP contribution in [0.3, 0.4) is 0 Å². The van der Waals surface area contributed by atoms with Crippen molar-refractivity contribution in [2.45, 2.75) is 36.8 Å². The maximum atomic E-state index is 12.0. The molecule has 28 heavy (non-hydrogen) atoms. The normalized spacial score (nSPS) is 27.4. The Hall–Kier alpha value is -2.82. The summed E-state index contributed by atoms with van der Waals surface area (Å²) in [7, 11) is 2.70. The summed E-state index contributed by atoms with van der Waals surface area (Å²) in [4.78, 5) is 23.1. The molecule has 1 aliphatic rings. The first-order valence-electron chi connectivity index (χ1n) is 8.27. The Balaban J connectivity index is 2.09. The van der Waals surface area contributed by atoms with Crippen molar-refractivity contribution in [2.75, 3.05) is 14.2 Å². The molecule has 0 heterocycles. The average molecular weight is 398 g/mol. The molecule has 0 unspecified atom stereocenters. The van der Waals surface area contributed by atoms with Gasteiger partial charge in [-0.05, 0) is 23.8 Å². The predicted molar refractivity (Wildman–Crippen MR) is 94.0 cm³/mol. The number of benzene rings is 1. The molecule has 0 saturated heterocycles. The van der Waals surface area contributed by atoms with Gasteiger partial charge in [0.25, 0.3) is 0 Å². The number of hydrogen-bond acceptors (Lipinski definition) is 9. The third-order valence-electron chi connectivity index (χ3n) is 4.42. The first-order valence-corrected chi connectivity index (χ1v) is 8.27. The first kappa shape index (κ1) is 21.5. The van der Waals surface area contributed by atoms with E-state index in [2.05, 4.69) is 0 Å². The molecule has 2 atom stereocenters. The van der Waals surface area contributed by atoms with Gasteiger partial charge in [-0.2, -0.15) is 0 Å². The lowest BCUT2D eigenvalue weighted by molar-refractivity contribution is -0.196. The van der Waals surface area contributed by atoms with Crippen LogP contribution >= 0.6 is 0 Å². The number of aliphatic hydroxyl groups excluding tert-OH is 2. The fourth-order valence-electron chi connectivity index (χ4n) is 2.94. The summed E-state index contributed by atoms with van der Waals surface area (Å²) >= 11 is 0. The summed E-state index contributed by atoms with van der Waals surface area (Å²) in [5.41, 5.74) is -1.86. The van der Waals surface area contributed by atoms with Crippen LogP contribution in [0, 0.1) is 0 Å². The minimum absolute atomic E-state index is 0.124. The SMILES string of the molecule is COc1cc(/C=C/C(=O)OC2[C@H](O)CC(O)(C(=O)O)C[C@H]2O)cc(OC)c1O. The third-order valence-corrected chi connectivity index (χ3v) is 4.42. The molecule has 1 aromatic carbocycles. The van der Waals surface area contributed by atoms with Gasteiger partial charge in [0.1, 0.15) is 0 Å². The monoisotopic (exact) mass is 398 g/mol. The summed E-state index contributed by atoms with van der Waals surface area (Å²) in [6, 6.07) is 2.89. The van der Waals surface area contributed by atoms with E-state index in [1.54, 1.807) is 0 Å². The maximum absolute atomic E-state index is 12.0. The van der Waals surface area contributed by atoms with E-state index >= 15 is 0 Å².